The van der Waals surface area contributed by atoms with Gasteiger partial charge in [0, 0.05) is 12.2 Å². The normalized spacial score (nSPS) is 12.2. The molecule has 0 aromatic rings. The Morgan fingerprint density at radius 1 is 1.75 bits per heavy atom. The molecule has 1 unspecified atom stereocenters. The highest BCUT2D eigenvalue weighted by molar-refractivity contribution is 7.80. The summed E-state index contributed by atoms with van der Waals surface area (Å²) in [7, 11) is 0. The maximum atomic E-state index is 10.8. The van der Waals surface area contributed by atoms with Crippen molar-refractivity contribution >= 4 is 18.6 Å². The summed E-state index contributed by atoms with van der Waals surface area (Å²) in [6, 6.07) is 0. The Labute approximate surface area is 77.8 Å². The predicted octanol–water partition coefficient (Wildman–Crippen LogP) is 0.786. The molecule has 12 heavy (non-hydrogen) atoms. The summed E-state index contributed by atoms with van der Waals surface area (Å²) in [4.78, 5) is 10.8. The summed E-state index contributed by atoms with van der Waals surface area (Å²) in [5.74, 6) is 0.0603. The van der Waals surface area contributed by atoms with Gasteiger partial charge in [0.15, 0.2) is 0 Å². The van der Waals surface area contributed by atoms with E-state index in [0.717, 1.165) is 0 Å². The first kappa shape index (κ1) is 11.5. The average Bonchev–Trinajstić information content (AvgIpc) is 2.10. The van der Waals surface area contributed by atoms with Gasteiger partial charge in [-0.05, 0) is 6.42 Å². The number of hydrogen-bond donors (Lipinski definition) is 2. The zero-order valence-electron chi connectivity index (χ0n) is 6.90. The number of thiol groups is 1. The van der Waals surface area contributed by atoms with Crippen LogP contribution in [-0.4, -0.2) is 29.5 Å². The van der Waals surface area contributed by atoms with E-state index in [-0.39, 0.29) is 19.0 Å². The molecule has 0 rings (SSSR count). The van der Waals surface area contributed by atoms with Crippen LogP contribution in [0.2, 0.25) is 0 Å². The Balaban J connectivity index is 3.36. The third-order valence-electron chi connectivity index (χ3n) is 1.25. The molecule has 0 spiro atoms. The fourth-order valence-corrected chi connectivity index (χ4v) is 0.782. The molecule has 1 atom stereocenters. The van der Waals surface area contributed by atoms with Crippen molar-refractivity contribution in [3.63, 3.8) is 0 Å². The lowest BCUT2D eigenvalue weighted by Gasteiger charge is -2.05. The number of hydrogen-bond acceptors (Lipinski definition) is 4. The summed E-state index contributed by atoms with van der Waals surface area (Å²) in [5, 5.41) is 9.03. The Morgan fingerprint density at radius 2 is 2.42 bits per heavy atom. The number of rotatable bonds is 6. The van der Waals surface area contributed by atoms with Crippen molar-refractivity contribution in [3.05, 3.63) is 12.7 Å². The second-order valence-electron chi connectivity index (χ2n) is 2.35. The highest BCUT2D eigenvalue weighted by Crippen LogP contribution is 2.00. The lowest BCUT2D eigenvalue weighted by molar-refractivity contribution is -0.142. The van der Waals surface area contributed by atoms with Crippen molar-refractivity contribution in [2.45, 2.75) is 18.9 Å². The molecule has 0 aliphatic rings. The largest absolute Gasteiger partial charge is 0.461 e. The zero-order chi connectivity index (χ0) is 9.40. The van der Waals surface area contributed by atoms with E-state index in [1.54, 1.807) is 0 Å². The number of esters is 1. The van der Waals surface area contributed by atoms with E-state index in [2.05, 4.69) is 19.2 Å². The highest BCUT2D eigenvalue weighted by atomic mass is 32.1. The van der Waals surface area contributed by atoms with Crippen molar-refractivity contribution in [3.8, 4) is 0 Å². The standard InChI is InChI=1S/C8H14O3S/c1-2-5-11-8(10)4-3-7(9)6-12/h2,7,9,12H,1,3-6H2. The van der Waals surface area contributed by atoms with Gasteiger partial charge in [-0.3, -0.25) is 4.79 Å². The van der Waals surface area contributed by atoms with Crippen LogP contribution >= 0.6 is 12.6 Å². The summed E-state index contributed by atoms with van der Waals surface area (Å²) >= 11 is 3.87. The summed E-state index contributed by atoms with van der Waals surface area (Å²) in [5.41, 5.74) is 0. The number of carbonyl (C=O) groups excluding carboxylic acids is 1. The molecule has 0 bridgehead atoms. The van der Waals surface area contributed by atoms with Crippen molar-refractivity contribution in [2.75, 3.05) is 12.4 Å². The molecule has 0 amide bonds. The zero-order valence-corrected chi connectivity index (χ0v) is 7.80. The molecule has 70 valence electrons. The fraction of sp³-hybridized carbons (Fsp3) is 0.625. The summed E-state index contributed by atoms with van der Waals surface area (Å²) < 4.78 is 4.69. The lowest BCUT2D eigenvalue weighted by Crippen LogP contribution is -2.12. The van der Waals surface area contributed by atoms with E-state index in [1.165, 1.54) is 6.08 Å². The first-order valence-electron chi connectivity index (χ1n) is 3.76. The van der Waals surface area contributed by atoms with Gasteiger partial charge in [0.25, 0.3) is 0 Å². The van der Waals surface area contributed by atoms with Gasteiger partial charge in [0.05, 0.1) is 6.10 Å². The summed E-state index contributed by atoms with van der Waals surface area (Å²) in [6.07, 6.45) is 1.62. The molecule has 0 aliphatic carbocycles. The second kappa shape index (κ2) is 7.18. The Kier molecular flexibility index (Phi) is 6.90. The van der Waals surface area contributed by atoms with E-state index in [4.69, 9.17) is 9.84 Å². The lowest BCUT2D eigenvalue weighted by atomic mass is 10.2. The Hall–Kier alpha value is -0.480. The van der Waals surface area contributed by atoms with Crippen molar-refractivity contribution in [2.24, 2.45) is 0 Å². The quantitative estimate of drug-likeness (QED) is 0.370. The van der Waals surface area contributed by atoms with Gasteiger partial charge in [-0.25, -0.2) is 0 Å². The highest BCUT2D eigenvalue weighted by Gasteiger charge is 2.06. The molecule has 1 N–H and O–H groups in total. The third kappa shape index (κ3) is 6.24. The number of ether oxygens (including phenoxy) is 1. The number of carbonyl (C=O) groups is 1. The smallest absolute Gasteiger partial charge is 0.306 e. The van der Waals surface area contributed by atoms with Crippen LogP contribution in [0.4, 0.5) is 0 Å². The predicted molar refractivity (Wildman–Crippen MR) is 50.2 cm³/mol. The minimum absolute atomic E-state index is 0.232. The van der Waals surface area contributed by atoms with Crippen LogP contribution in [0.15, 0.2) is 12.7 Å². The van der Waals surface area contributed by atoms with Gasteiger partial charge in [-0.2, -0.15) is 12.6 Å². The SMILES string of the molecule is C=CCOC(=O)CCC(O)CS. The van der Waals surface area contributed by atoms with E-state index in [9.17, 15) is 4.79 Å². The van der Waals surface area contributed by atoms with Gasteiger partial charge in [-0.15, -0.1) is 0 Å². The van der Waals surface area contributed by atoms with Crippen molar-refractivity contribution < 1.29 is 14.6 Å². The molecule has 0 aliphatic heterocycles. The maximum Gasteiger partial charge on any atom is 0.306 e. The first-order chi connectivity index (χ1) is 5.70. The molecular formula is C8H14O3S. The Morgan fingerprint density at radius 3 is 2.92 bits per heavy atom. The average molecular weight is 190 g/mol. The van der Waals surface area contributed by atoms with E-state index < -0.39 is 6.10 Å². The summed E-state index contributed by atoms with van der Waals surface area (Å²) in [6.45, 7) is 3.64. The molecule has 0 saturated carbocycles. The Bertz CT molecular complexity index is 147. The van der Waals surface area contributed by atoms with Gasteiger partial charge < -0.3 is 9.84 Å². The van der Waals surface area contributed by atoms with Crippen LogP contribution in [0.3, 0.4) is 0 Å². The van der Waals surface area contributed by atoms with Crippen LogP contribution in [0, 0.1) is 0 Å². The van der Waals surface area contributed by atoms with Gasteiger partial charge in [0.1, 0.15) is 6.61 Å². The van der Waals surface area contributed by atoms with Gasteiger partial charge in [-0.1, -0.05) is 12.7 Å². The fourth-order valence-electron chi connectivity index (χ4n) is 0.600. The molecule has 3 nitrogen and oxygen atoms in total. The monoisotopic (exact) mass is 190 g/mol. The molecule has 0 radical (unpaired) electrons. The molecule has 0 heterocycles. The van der Waals surface area contributed by atoms with Crippen LogP contribution in [0.5, 0.6) is 0 Å². The molecule has 0 aromatic heterocycles. The molecule has 4 heteroatoms. The minimum Gasteiger partial charge on any atom is -0.461 e. The second-order valence-corrected chi connectivity index (χ2v) is 2.71. The maximum absolute atomic E-state index is 10.8. The van der Waals surface area contributed by atoms with Gasteiger partial charge in [0.2, 0.25) is 0 Å². The van der Waals surface area contributed by atoms with Crippen molar-refractivity contribution in [1.82, 2.24) is 0 Å². The molecule has 0 aromatic carbocycles. The van der Waals surface area contributed by atoms with Crippen LogP contribution in [-0.2, 0) is 9.53 Å². The van der Waals surface area contributed by atoms with Crippen LogP contribution < -0.4 is 0 Å². The molecule has 0 fully saturated rings. The first-order valence-corrected chi connectivity index (χ1v) is 4.39. The van der Waals surface area contributed by atoms with E-state index >= 15 is 0 Å². The van der Waals surface area contributed by atoms with E-state index in [1.807, 2.05) is 0 Å². The van der Waals surface area contributed by atoms with Crippen LogP contribution in [0.25, 0.3) is 0 Å². The minimum atomic E-state index is -0.524. The molecular weight excluding hydrogens is 176 g/mol. The van der Waals surface area contributed by atoms with Crippen molar-refractivity contribution in [1.29, 1.82) is 0 Å². The number of aliphatic hydroxyl groups excluding tert-OH is 1. The van der Waals surface area contributed by atoms with Crippen LogP contribution in [0.1, 0.15) is 12.8 Å². The third-order valence-corrected chi connectivity index (χ3v) is 1.68. The van der Waals surface area contributed by atoms with E-state index in [0.29, 0.717) is 12.2 Å². The number of aliphatic hydroxyl groups is 1. The topological polar surface area (TPSA) is 46.5 Å². The molecule has 0 saturated heterocycles. The van der Waals surface area contributed by atoms with Gasteiger partial charge >= 0.3 is 5.97 Å².